The van der Waals surface area contributed by atoms with Crippen molar-refractivity contribution in [2.24, 2.45) is 5.73 Å². The Morgan fingerprint density at radius 1 is 1.18 bits per heavy atom. The first kappa shape index (κ1) is 13.8. The summed E-state index contributed by atoms with van der Waals surface area (Å²) in [5.41, 5.74) is 7.05. The van der Waals surface area contributed by atoms with Gasteiger partial charge >= 0.3 is 0 Å². The van der Waals surface area contributed by atoms with Crippen molar-refractivity contribution < 1.29 is 14.2 Å². The van der Waals surface area contributed by atoms with Gasteiger partial charge in [-0.1, -0.05) is 6.07 Å². The van der Waals surface area contributed by atoms with E-state index in [1.165, 1.54) is 0 Å². The number of ether oxygens (including phenoxy) is 3. The Kier molecular flexibility index (Phi) is 5.80. The zero-order valence-electron chi connectivity index (χ0n) is 10.7. The molecule has 0 bridgehead atoms. The van der Waals surface area contributed by atoms with Gasteiger partial charge in [0.05, 0.1) is 19.8 Å². The van der Waals surface area contributed by atoms with Crippen LogP contribution in [0.1, 0.15) is 24.9 Å². The van der Waals surface area contributed by atoms with Crippen LogP contribution < -0.4 is 15.2 Å². The maximum absolute atomic E-state index is 6.15. The lowest BCUT2D eigenvalue weighted by Gasteiger charge is -2.18. The summed E-state index contributed by atoms with van der Waals surface area (Å²) < 4.78 is 15.9. The van der Waals surface area contributed by atoms with Gasteiger partial charge in [-0.2, -0.15) is 0 Å². The predicted octanol–water partition coefficient (Wildman–Crippen LogP) is 2.13. The van der Waals surface area contributed by atoms with Crippen LogP contribution in [0, 0.1) is 0 Å². The van der Waals surface area contributed by atoms with Gasteiger partial charge in [-0.25, -0.2) is 0 Å². The molecule has 0 fully saturated rings. The summed E-state index contributed by atoms with van der Waals surface area (Å²) in [5, 5.41) is 0. The predicted molar refractivity (Wildman–Crippen MR) is 67.6 cm³/mol. The molecule has 17 heavy (non-hydrogen) atoms. The minimum absolute atomic E-state index is 0.146. The molecule has 1 rings (SSSR count). The molecule has 0 saturated carbocycles. The maximum atomic E-state index is 6.15. The van der Waals surface area contributed by atoms with Crippen molar-refractivity contribution in [2.75, 3.05) is 27.4 Å². The van der Waals surface area contributed by atoms with Gasteiger partial charge in [-0.15, -0.1) is 0 Å². The molecular weight excluding hydrogens is 218 g/mol. The number of rotatable bonds is 7. The molecule has 1 aromatic rings. The Hall–Kier alpha value is -1.26. The van der Waals surface area contributed by atoms with E-state index in [0.717, 1.165) is 23.5 Å². The molecule has 2 N–H and O–H groups in total. The van der Waals surface area contributed by atoms with Crippen LogP contribution in [0.2, 0.25) is 0 Å². The number of hydrogen-bond donors (Lipinski definition) is 1. The second-order valence-corrected chi connectivity index (χ2v) is 3.67. The van der Waals surface area contributed by atoms with Gasteiger partial charge in [-0.3, -0.25) is 0 Å². The van der Waals surface area contributed by atoms with Gasteiger partial charge in [0, 0.05) is 19.3 Å². The molecule has 0 aliphatic rings. The maximum Gasteiger partial charge on any atom is 0.127 e. The van der Waals surface area contributed by atoms with E-state index in [9.17, 15) is 0 Å². The highest BCUT2D eigenvalue weighted by molar-refractivity contribution is 5.46. The molecule has 0 aliphatic carbocycles. The highest BCUT2D eigenvalue weighted by atomic mass is 16.5. The van der Waals surface area contributed by atoms with Crippen molar-refractivity contribution in [3.63, 3.8) is 0 Å². The molecule has 0 aliphatic heterocycles. The molecule has 1 unspecified atom stereocenters. The summed E-state index contributed by atoms with van der Waals surface area (Å²) in [6.07, 6.45) is 0.741. The fourth-order valence-corrected chi connectivity index (χ4v) is 1.74. The second-order valence-electron chi connectivity index (χ2n) is 3.67. The van der Waals surface area contributed by atoms with E-state index < -0.39 is 0 Å². The van der Waals surface area contributed by atoms with Gasteiger partial charge in [0.1, 0.15) is 11.5 Å². The highest BCUT2D eigenvalue weighted by Gasteiger charge is 2.17. The van der Waals surface area contributed by atoms with Crippen LogP contribution in [0.15, 0.2) is 18.2 Å². The normalized spacial score (nSPS) is 12.2. The zero-order chi connectivity index (χ0) is 12.7. The van der Waals surface area contributed by atoms with Gasteiger partial charge in [0.15, 0.2) is 0 Å². The van der Waals surface area contributed by atoms with Crippen molar-refractivity contribution in [3.05, 3.63) is 23.8 Å². The quantitative estimate of drug-likeness (QED) is 0.741. The smallest absolute Gasteiger partial charge is 0.127 e. The van der Waals surface area contributed by atoms with Gasteiger partial charge in [0.2, 0.25) is 0 Å². The van der Waals surface area contributed by atoms with E-state index in [2.05, 4.69) is 0 Å². The molecular formula is C13H21NO3. The summed E-state index contributed by atoms with van der Waals surface area (Å²) >= 11 is 0. The minimum Gasteiger partial charge on any atom is -0.496 e. The lowest BCUT2D eigenvalue weighted by molar-refractivity contribution is 0.139. The topological polar surface area (TPSA) is 53.7 Å². The molecule has 0 aromatic heterocycles. The molecule has 0 radical (unpaired) electrons. The molecule has 1 aromatic carbocycles. The van der Waals surface area contributed by atoms with Crippen molar-refractivity contribution in [2.45, 2.75) is 19.4 Å². The first-order chi connectivity index (χ1) is 8.24. The summed E-state index contributed by atoms with van der Waals surface area (Å²) in [5.74, 6) is 1.52. The Labute approximate surface area is 103 Å². The van der Waals surface area contributed by atoms with Crippen molar-refractivity contribution >= 4 is 0 Å². The summed E-state index contributed by atoms with van der Waals surface area (Å²) in [7, 11) is 3.26. The standard InChI is InChI=1S/C13H21NO3/c1-4-17-9-8-10(14)13-11(15-2)6-5-7-12(13)16-3/h5-7,10H,4,8-9,14H2,1-3H3. The number of hydrogen-bond acceptors (Lipinski definition) is 4. The molecule has 4 heteroatoms. The van der Waals surface area contributed by atoms with Gasteiger partial charge < -0.3 is 19.9 Å². The number of methoxy groups -OCH3 is 2. The Balaban J connectivity index is 2.85. The Bertz CT molecular complexity index is 319. The van der Waals surface area contributed by atoms with Crippen LogP contribution in [-0.2, 0) is 4.74 Å². The summed E-state index contributed by atoms with van der Waals surface area (Å²) in [6.45, 7) is 3.31. The zero-order valence-corrected chi connectivity index (χ0v) is 10.7. The fourth-order valence-electron chi connectivity index (χ4n) is 1.74. The Morgan fingerprint density at radius 3 is 2.24 bits per heavy atom. The molecule has 0 heterocycles. The van der Waals surface area contributed by atoms with Gasteiger partial charge in [-0.05, 0) is 25.5 Å². The van der Waals surface area contributed by atoms with Crippen molar-refractivity contribution in [1.29, 1.82) is 0 Å². The average molecular weight is 239 g/mol. The molecule has 0 amide bonds. The van der Waals surface area contributed by atoms with E-state index >= 15 is 0 Å². The van der Waals surface area contributed by atoms with E-state index in [0.29, 0.717) is 13.2 Å². The first-order valence-electron chi connectivity index (χ1n) is 5.78. The van der Waals surface area contributed by atoms with Crippen LogP contribution in [0.25, 0.3) is 0 Å². The van der Waals surface area contributed by atoms with E-state index in [-0.39, 0.29) is 6.04 Å². The molecule has 4 nitrogen and oxygen atoms in total. The van der Waals surface area contributed by atoms with E-state index in [4.69, 9.17) is 19.9 Å². The molecule has 0 spiro atoms. The summed E-state index contributed by atoms with van der Waals surface area (Å²) in [4.78, 5) is 0. The molecule has 96 valence electrons. The fraction of sp³-hybridized carbons (Fsp3) is 0.538. The Morgan fingerprint density at radius 2 is 1.76 bits per heavy atom. The molecule has 0 saturated heterocycles. The average Bonchev–Trinajstić information content (AvgIpc) is 2.37. The van der Waals surface area contributed by atoms with Crippen LogP contribution in [0.5, 0.6) is 11.5 Å². The van der Waals surface area contributed by atoms with Crippen LogP contribution in [0.3, 0.4) is 0 Å². The lowest BCUT2D eigenvalue weighted by Crippen LogP contribution is -2.15. The van der Waals surface area contributed by atoms with Crippen LogP contribution in [0.4, 0.5) is 0 Å². The SMILES string of the molecule is CCOCCC(N)c1c(OC)cccc1OC. The minimum atomic E-state index is -0.146. The third-order valence-corrected chi connectivity index (χ3v) is 2.61. The van der Waals surface area contributed by atoms with Crippen molar-refractivity contribution in [1.82, 2.24) is 0 Å². The van der Waals surface area contributed by atoms with Crippen LogP contribution >= 0.6 is 0 Å². The van der Waals surface area contributed by atoms with Crippen LogP contribution in [-0.4, -0.2) is 27.4 Å². The summed E-state index contributed by atoms with van der Waals surface area (Å²) in [6, 6.07) is 5.51. The second kappa shape index (κ2) is 7.14. The number of nitrogens with two attached hydrogens (primary N) is 1. The third kappa shape index (κ3) is 3.61. The van der Waals surface area contributed by atoms with Crippen molar-refractivity contribution in [3.8, 4) is 11.5 Å². The molecule has 1 atom stereocenters. The van der Waals surface area contributed by atoms with E-state index in [1.54, 1.807) is 14.2 Å². The first-order valence-corrected chi connectivity index (χ1v) is 5.78. The lowest BCUT2D eigenvalue weighted by atomic mass is 10.0. The third-order valence-electron chi connectivity index (χ3n) is 2.61. The van der Waals surface area contributed by atoms with E-state index in [1.807, 2.05) is 25.1 Å². The number of benzene rings is 1. The van der Waals surface area contributed by atoms with Gasteiger partial charge in [0.25, 0.3) is 0 Å². The highest BCUT2D eigenvalue weighted by Crippen LogP contribution is 2.34. The largest absolute Gasteiger partial charge is 0.496 e. The monoisotopic (exact) mass is 239 g/mol.